The smallest absolute Gasteiger partial charge is 0.419 e. The van der Waals surface area contributed by atoms with Crippen molar-refractivity contribution in [2.45, 2.75) is 58.9 Å². The number of phenolic OH excluding ortho intramolecular Hbond substituents is 1. The average molecular weight is 531 g/mol. The molecule has 0 aromatic heterocycles. The van der Waals surface area contributed by atoms with Crippen LogP contribution in [-0.4, -0.2) is 27.8 Å². The molecule has 0 saturated carbocycles. The first-order chi connectivity index (χ1) is 17.7. The van der Waals surface area contributed by atoms with Gasteiger partial charge >= 0.3 is 18.1 Å². The van der Waals surface area contributed by atoms with Gasteiger partial charge in [-0.1, -0.05) is 43.3 Å². The fraction of sp³-hybridized carbons (Fsp3) is 0.310. The van der Waals surface area contributed by atoms with Gasteiger partial charge in [-0.2, -0.15) is 13.2 Å². The molecular weight excluding hydrogens is 501 g/mol. The van der Waals surface area contributed by atoms with E-state index in [0.29, 0.717) is 23.8 Å². The summed E-state index contributed by atoms with van der Waals surface area (Å²) in [5.41, 5.74) is 0.614. The number of ether oxygens (including phenoxy) is 2. The van der Waals surface area contributed by atoms with Crippen molar-refractivity contribution in [2.75, 3.05) is 0 Å². The molecule has 0 spiro atoms. The topological polar surface area (TPSA) is 93.1 Å². The van der Waals surface area contributed by atoms with Gasteiger partial charge in [-0.25, -0.2) is 4.79 Å². The molecule has 3 aromatic rings. The van der Waals surface area contributed by atoms with Gasteiger partial charge in [0.2, 0.25) is 0 Å². The van der Waals surface area contributed by atoms with E-state index in [0.717, 1.165) is 22.8 Å². The van der Waals surface area contributed by atoms with Crippen LogP contribution in [0.3, 0.4) is 0 Å². The van der Waals surface area contributed by atoms with Crippen molar-refractivity contribution in [3.63, 3.8) is 0 Å². The predicted molar refractivity (Wildman–Crippen MR) is 135 cm³/mol. The first kappa shape index (κ1) is 28.6. The SMILES string of the molecule is CCc1cc(CC(=O)O)ccc1-c1ccc(OCc2ccc(C(F)(F)F)c(O)c2C(=O)OC(C)(C)C)cc1. The summed E-state index contributed by atoms with van der Waals surface area (Å²) in [5.74, 6) is -2.81. The molecule has 0 aliphatic rings. The van der Waals surface area contributed by atoms with Crippen LogP contribution in [0.15, 0.2) is 54.6 Å². The monoisotopic (exact) mass is 530 g/mol. The fourth-order valence-electron chi connectivity index (χ4n) is 3.94. The van der Waals surface area contributed by atoms with Gasteiger partial charge < -0.3 is 19.7 Å². The number of aryl methyl sites for hydroxylation is 1. The second-order valence-electron chi connectivity index (χ2n) is 9.72. The number of hydrogen-bond donors (Lipinski definition) is 2. The van der Waals surface area contributed by atoms with Gasteiger partial charge in [0.25, 0.3) is 0 Å². The summed E-state index contributed by atoms with van der Waals surface area (Å²) in [5, 5.41) is 19.4. The highest BCUT2D eigenvalue weighted by Crippen LogP contribution is 2.39. The number of benzene rings is 3. The lowest BCUT2D eigenvalue weighted by molar-refractivity contribution is -0.139. The Kier molecular flexibility index (Phi) is 8.39. The first-order valence-corrected chi connectivity index (χ1v) is 11.9. The van der Waals surface area contributed by atoms with Crippen molar-refractivity contribution < 1.29 is 42.4 Å². The van der Waals surface area contributed by atoms with Crippen LogP contribution < -0.4 is 4.74 Å². The van der Waals surface area contributed by atoms with Crippen molar-refractivity contribution in [3.8, 4) is 22.6 Å². The minimum absolute atomic E-state index is 0.0381. The molecule has 0 heterocycles. The van der Waals surface area contributed by atoms with Gasteiger partial charge in [-0.3, -0.25) is 4.79 Å². The number of carbonyl (C=O) groups is 2. The lowest BCUT2D eigenvalue weighted by atomic mass is 9.95. The largest absolute Gasteiger partial charge is 0.506 e. The predicted octanol–water partition coefficient (Wildman–Crippen LogP) is 6.80. The Morgan fingerprint density at radius 1 is 0.921 bits per heavy atom. The van der Waals surface area contributed by atoms with E-state index in [-0.39, 0.29) is 18.6 Å². The lowest BCUT2D eigenvalue weighted by Gasteiger charge is -2.22. The zero-order valence-electron chi connectivity index (χ0n) is 21.5. The van der Waals surface area contributed by atoms with Gasteiger partial charge in [-0.05, 0) is 67.6 Å². The van der Waals surface area contributed by atoms with Crippen molar-refractivity contribution in [1.29, 1.82) is 0 Å². The summed E-state index contributed by atoms with van der Waals surface area (Å²) < 4.78 is 51.0. The van der Waals surface area contributed by atoms with Gasteiger partial charge in [0, 0.05) is 5.56 Å². The number of phenols is 1. The second kappa shape index (κ2) is 11.2. The number of halogens is 3. The van der Waals surface area contributed by atoms with Crippen molar-refractivity contribution >= 4 is 11.9 Å². The van der Waals surface area contributed by atoms with E-state index in [1.54, 1.807) is 51.1 Å². The van der Waals surface area contributed by atoms with Crippen molar-refractivity contribution in [2.24, 2.45) is 0 Å². The summed E-state index contributed by atoms with van der Waals surface area (Å²) in [4.78, 5) is 23.7. The molecule has 38 heavy (non-hydrogen) atoms. The summed E-state index contributed by atoms with van der Waals surface area (Å²) in [6.07, 6.45) is -4.23. The van der Waals surface area contributed by atoms with E-state index in [4.69, 9.17) is 14.6 Å². The summed E-state index contributed by atoms with van der Waals surface area (Å²) in [6, 6.07) is 14.2. The van der Waals surface area contributed by atoms with Crippen LogP contribution in [0.4, 0.5) is 13.2 Å². The molecule has 9 heteroatoms. The van der Waals surface area contributed by atoms with Crippen LogP contribution in [0.5, 0.6) is 11.5 Å². The molecule has 3 rings (SSSR count). The minimum atomic E-state index is -4.86. The molecule has 0 aliphatic carbocycles. The zero-order valence-corrected chi connectivity index (χ0v) is 21.5. The molecule has 6 nitrogen and oxygen atoms in total. The summed E-state index contributed by atoms with van der Waals surface area (Å²) in [7, 11) is 0. The third kappa shape index (κ3) is 7.06. The third-order valence-electron chi connectivity index (χ3n) is 5.64. The van der Waals surface area contributed by atoms with Gasteiger partial charge in [-0.15, -0.1) is 0 Å². The highest BCUT2D eigenvalue weighted by atomic mass is 19.4. The van der Waals surface area contributed by atoms with Gasteiger partial charge in [0.15, 0.2) is 0 Å². The molecule has 0 radical (unpaired) electrons. The average Bonchev–Trinajstić information content (AvgIpc) is 2.80. The molecule has 2 N–H and O–H groups in total. The Balaban J connectivity index is 1.86. The van der Waals surface area contributed by atoms with Crippen LogP contribution in [0.25, 0.3) is 11.1 Å². The van der Waals surface area contributed by atoms with E-state index >= 15 is 0 Å². The van der Waals surface area contributed by atoms with Crippen LogP contribution in [0, 0.1) is 0 Å². The number of alkyl halides is 3. The molecule has 0 saturated heterocycles. The number of aliphatic carboxylic acids is 1. The first-order valence-electron chi connectivity index (χ1n) is 11.9. The maximum Gasteiger partial charge on any atom is 0.419 e. The quantitative estimate of drug-likeness (QED) is 0.311. The van der Waals surface area contributed by atoms with Crippen LogP contribution in [-0.2, 0) is 35.2 Å². The number of aromatic hydroxyl groups is 1. The van der Waals surface area contributed by atoms with E-state index < -0.39 is 40.6 Å². The third-order valence-corrected chi connectivity index (χ3v) is 5.64. The minimum Gasteiger partial charge on any atom is -0.506 e. The zero-order chi connectivity index (χ0) is 28.3. The van der Waals surface area contributed by atoms with Crippen molar-refractivity contribution in [1.82, 2.24) is 0 Å². The Morgan fingerprint density at radius 3 is 2.13 bits per heavy atom. The fourth-order valence-corrected chi connectivity index (χ4v) is 3.94. The molecule has 0 bridgehead atoms. The summed E-state index contributed by atoms with van der Waals surface area (Å²) in [6.45, 7) is 6.39. The lowest BCUT2D eigenvalue weighted by Crippen LogP contribution is -2.25. The van der Waals surface area contributed by atoms with Crippen molar-refractivity contribution in [3.05, 3.63) is 82.4 Å². The maximum absolute atomic E-state index is 13.4. The molecule has 0 amide bonds. The number of carboxylic acids is 1. The Morgan fingerprint density at radius 2 is 1.58 bits per heavy atom. The molecular formula is C29H29F3O6. The number of carbonyl (C=O) groups excluding carboxylic acids is 1. The van der Waals surface area contributed by atoms with E-state index in [2.05, 4.69) is 0 Å². The van der Waals surface area contributed by atoms with E-state index in [9.17, 15) is 27.9 Å². The maximum atomic E-state index is 13.4. The summed E-state index contributed by atoms with van der Waals surface area (Å²) >= 11 is 0. The second-order valence-corrected chi connectivity index (χ2v) is 9.72. The molecule has 0 atom stereocenters. The molecule has 0 fully saturated rings. The number of rotatable bonds is 8. The van der Waals surface area contributed by atoms with E-state index in [1.807, 2.05) is 19.1 Å². The Bertz CT molecular complexity index is 1320. The molecule has 3 aromatic carbocycles. The van der Waals surface area contributed by atoms with Crippen LogP contribution >= 0.6 is 0 Å². The normalized spacial score (nSPS) is 11.8. The van der Waals surface area contributed by atoms with E-state index in [1.165, 1.54) is 0 Å². The van der Waals surface area contributed by atoms with Crippen LogP contribution in [0.2, 0.25) is 0 Å². The van der Waals surface area contributed by atoms with Gasteiger partial charge in [0.1, 0.15) is 29.3 Å². The number of hydrogen-bond acceptors (Lipinski definition) is 5. The van der Waals surface area contributed by atoms with Crippen LogP contribution in [0.1, 0.15) is 60.3 Å². The molecule has 0 unspecified atom stereocenters. The Hall–Kier alpha value is -4.01. The number of carboxylic acid groups (broad SMARTS) is 1. The highest BCUT2D eigenvalue weighted by molar-refractivity contribution is 5.95. The highest BCUT2D eigenvalue weighted by Gasteiger charge is 2.37. The number of esters is 1. The molecule has 202 valence electrons. The molecule has 0 aliphatic heterocycles. The Labute approximate surface area is 218 Å². The van der Waals surface area contributed by atoms with Gasteiger partial charge in [0.05, 0.1) is 12.0 Å². The standard InChI is InChI=1S/C29H29F3O6/c1-5-18-14-17(15-24(33)34)6-12-22(18)19-7-10-21(11-8-19)37-16-20-9-13-23(29(30,31)32)26(35)25(20)27(36)38-28(2,3)4/h6-14,35H,5,15-16H2,1-4H3,(H,33,34).